The maximum atomic E-state index is 6.60. The predicted octanol–water partition coefficient (Wildman–Crippen LogP) is 6.52. The summed E-state index contributed by atoms with van der Waals surface area (Å²) in [6.45, 7) is 0. The van der Waals surface area contributed by atoms with E-state index in [1.165, 1.54) is 33.4 Å². The van der Waals surface area contributed by atoms with Crippen molar-refractivity contribution in [1.82, 2.24) is 0 Å². The molecule has 0 heterocycles. The Hall–Kier alpha value is -0.786. The summed E-state index contributed by atoms with van der Waals surface area (Å²) in [6.07, 6.45) is 6.40. The summed E-state index contributed by atoms with van der Waals surface area (Å²) in [5, 5.41) is 0.0173. The number of benzene rings is 2. The smallest absolute Gasteiger partial charge is 0.0804 e. The average molecular weight is 375 g/mol. The summed E-state index contributed by atoms with van der Waals surface area (Å²) in [6, 6.07) is 16.7. The van der Waals surface area contributed by atoms with Crippen molar-refractivity contribution in [2.45, 2.75) is 23.6 Å². The van der Waals surface area contributed by atoms with Crippen molar-refractivity contribution in [3.8, 4) is 0 Å². The van der Waals surface area contributed by atoms with E-state index in [-0.39, 0.29) is 32.5 Å². The molecule has 23 heavy (non-hydrogen) atoms. The molecule has 0 fully saturated rings. The minimum absolute atomic E-state index is 0. The van der Waals surface area contributed by atoms with Crippen LogP contribution in [0.2, 0.25) is 0 Å². The van der Waals surface area contributed by atoms with Gasteiger partial charge in [-0.1, -0.05) is 60.7 Å². The van der Waals surface area contributed by atoms with Gasteiger partial charge in [0, 0.05) is 21.7 Å². The summed E-state index contributed by atoms with van der Waals surface area (Å²) < 4.78 is 0. The molecular weight excluding hydrogens is 359 g/mol. The Kier molecular flexibility index (Phi) is 5.18. The summed E-state index contributed by atoms with van der Waals surface area (Å²) in [5.41, 5.74) is 7.55. The molecule has 0 aromatic heterocycles. The summed E-state index contributed by atoms with van der Waals surface area (Å²) >= 11 is 13.2. The minimum atomic E-state index is 0. The number of rotatable bonds is 3. The first-order valence-corrected chi connectivity index (χ1v) is 8.48. The summed E-state index contributed by atoms with van der Waals surface area (Å²) in [5.74, 6) is 0. The molecule has 0 saturated carbocycles. The van der Waals surface area contributed by atoms with Crippen molar-refractivity contribution in [2.24, 2.45) is 0 Å². The first kappa shape index (κ1) is 17.1. The number of fused-ring (bicyclic) bond motifs is 2. The number of allylic oxidation sites excluding steroid dienone is 2. The van der Waals surface area contributed by atoms with Gasteiger partial charge in [0.25, 0.3) is 0 Å². The average Bonchev–Trinajstić information content (AvgIpc) is 3.04. The summed E-state index contributed by atoms with van der Waals surface area (Å²) in [7, 11) is 0. The molecule has 4 rings (SSSR count). The van der Waals surface area contributed by atoms with Crippen molar-refractivity contribution in [1.29, 1.82) is 0 Å². The molecule has 2 aromatic rings. The molecule has 0 spiro atoms. The summed E-state index contributed by atoms with van der Waals surface area (Å²) in [4.78, 5) is 0. The van der Waals surface area contributed by atoms with Gasteiger partial charge in [0.1, 0.15) is 0 Å². The van der Waals surface area contributed by atoms with E-state index in [0.717, 1.165) is 12.8 Å². The van der Waals surface area contributed by atoms with Crippen LogP contribution in [0, 0.1) is 0 Å². The first-order chi connectivity index (χ1) is 10.7. The normalized spacial score (nSPS) is 21.1. The van der Waals surface area contributed by atoms with Gasteiger partial charge in [-0.25, -0.2) is 0 Å². The van der Waals surface area contributed by atoms with Crippen LogP contribution in [-0.4, -0.2) is 0 Å². The number of halogens is 2. The molecule has 2 aliphatic carbocycles. The van der Waals surface area contributed by atoms with Crippen LogP contribution in [0.25, 0.3) is 12.2 Å². The van der Waals surface area contributed by atoms with Crippen LogP contribution in [-0.2, 0) is 21.7 Å². The van der Waals surface area contributed by atoms with Gasteiger partial charge >= 0.3 is 0 Å². The van der Waals surface area contributed by atoms with E-state index >= 15 is 0 Å². The van der Waals surface area contributed by atoms with E-state index in [1.54, 1.807) is 0 Å². The Morgan fingerprint density at radius 2 is 1.04 bits per heavy atom. The molecule has 2 unspecified atom stereocenters. The van der Waals surface area contributed by atoms with Gasteiger partial charge in [-0.3, -0.25) is 0 Å². The molecular formula is C20H16Cl2Ti. The zero-order valence-corrected chi connectivity index (χ0v) is 15.7. The number of hydrogen-bond donors (Lipinski definition) is 0. The van der Waals surface area contributed by atoms with E-state index in [2.05, 4.69) is 60.7 Å². The fourth-order valence-electron chi connectivity index (χ4n) is 3.38. The van der Waals surface area contributed by atoms with E-state index in [1.807, 2.05) is 0 Å². The number of alkyl halides is 2. The van der Waals surface area contributed by atoms with Gasteiger partial charge in [-0.05, 0) is 46.2 Å². The SMILES string of the molecule is ClC1C(CCC2=Cc3ccccc3C2Cl)=Cc2ccccc21.[Ti]. The quantitative estimate of drug-likeness (QED) is 0.423. The van der Waals surface area contributed by atoms with Gasteiger partial charge in [-0.2, -0.15) is 0 Å². The maximum Gasteiger partial charge on any atom is 0.0804 e. The van der Waals surface area contributed by atoms with Gasteiger partial charge in [0.2, 0.25) is 0 Å². The van der Waals surface area contributed by atoms with E-state index in [9.17, 15) is 0 Å². The predicted molar refractivity (Wildman–Crippen MR) is 95.3 cm³/mol. The molecule has 0 bridgehead atoms. The Labute approximate surface area is 162 Å². The zero-order chi connectivity index (χ0) is 15.1. The number of hydrogen-bond acceptors (Lipinski definition) is 0. The Bertz CT molecular complexity index is 724. The second-order valence-electron chi connectivity index (χ2n) is 5.92. The maximum absolute atomic E-state index is 6.60. The van der Waals surface area contributed by atoms with Gasteiger partial charge in [0.05, 0.1) is 10.8 Å². The second kappa shape index (κ2) is 6.99. The van der Waals surface area contributed by atoms with Crippen LogP contribution in [0.3, 0.4) is 0 Å². The molecule has 2 aliphatic rings. The Balaban J connectivity index is 0.00000156. The fourth-order valence-corrected chi connectivity index (χ4v) is 4.12. The molecule has 114 valence electrons. The Morgan fingerprint density at radius 1 is 0.652 bits per heavy atom. The van der Waals surface area contributed by atoms with Crippen LogP contribution in [0.15, 0.2) is 59.7 Å². The third kappa shape index (κ3) is 3.11. The molecule has 0 saturated heterocycles. The first-order valence-electron chi connectivity index (χ1n) is 7.61. The van der Waals surface area contributed by atoms with Crippen molar-refractivity contribution in [3.05, 3.63) is 81.9 Å². The standard InChI is InChI=1S/C20H16Cl2.Ti/c21-19-15(11-13-5-1-3-7-17(13)19)9-10-16-12-14-6-2-4-8-18(14)20(16)22;/h1-8,11-12,19-20H,9-10H2;. The van der Waals surface area contributed by atoms with Crippen molar-refractivity contribution in [2.75, 3.05) is 0 Å². The molecule has 0 radical (unpaired) electrons. The molecule has 0 amide bonds. The molecule has 0 aliphatic heterocycles. The monoisotopic (exact) mass is 374 g/mol. The largest absolute Gasteiger partial charge is 0.113 e. The topological polar surface area (TPSA) is 0 Å². The second-order valence-corrected chi connectivity index (χ2v) is 6.79. The van der Waals surface area contributed by atoms with Crippen LogP contribution < -0.4 is 0 Å². The molecule has 2 atom stereocenters. The van der Waals surface area contributed by atoms with Gasteiger partial charge in [0.15, 0.2) is 0 Å². The fraction of sp³-hybridized carbons (Fsp3) is 0.200. The zero-order valence-electron chi connectivity index (χ0n) is 12.6. The van der Waals surface area contributed by atoms with Crippen LogP contribution in [0.4, 0.5) is 0 Å². The minimum Gasteiger partial charge on any atom is -0.113 e. The van der Waals surface area contributed by atoms with Crippen molar-refractivity contribution in [3.63, 3.8) is 0 Å². The molecule has 0 N–H and O–H groups in total. The third-order valence-electron chi connectivity index (χ3n) is 4.57. The van der Waals surface area contributed by atoms with Gasteiger partial charge < -0.3 is 0 Å². The van der Waals surface area contributed by atoms with Crippen molar-refractivity contribution < 1.29 is 21.7 Å². The van der Waals surface area contributed by atoms with Crippen molar-refractivity contribution >= 4 is 35.4 Å². The van der Waals surface area contributed by atoms with Crippen LogP contribution >= 0.6 is 23.2 Å². The third-order valence-corrected chi connectivity index (χ3v) is 5.60. The van der Waals surface area contributed by atoms with Crippen LogP contribution in [0.5, 0.6) is 0 Å². The molecule has 3 heteroatoms. The van der Waals surface area contributed by atoms with E-state index < -0.39 is 0 Å². The van der Waals surface area contributed by atoms with Gasteiger partial charge in [-0.15, -0.1) is 23.2 Å². The van der Waals surface area contributed by atoms with Crippen LogP contribution in [0.1, 0.15) is 45.8 Å². The van der Waals surface area contributed by atoms with E-state index in [4.69, 9.17) is 23.2 Å². The Morgan fingerprint density at radius 3 is 1.43 bits per heavy atom. The molecule has 0 nitrogen and oxygen atoms in total. The molecule has 2 aromatic carbocycles. The van der Waals surface area contributed by atoms with E-state index in [0.29, 0.717) is 0 Å².